The fourth-order valence-corrected chi connectivity index (χ4v) is 0. The van der Waals surface area contributed by atoms with Crippen LogP contribution in [-0.2, 0) is 0 Å². The monoisotopic (exact) mass is 169 g/mol. The van der Waals surface area contributed by atoms with Crippen LogP contribution in [0.4, 0.5) is 0 Å². The van der Waals surface area contributed by atoms with E-state index in [1.165, 1.54) is 0 Å². The summed E-state index contributed by atoms with van der Waals surface area (Å²) in [6.45, 7) is 15.8. The maximum atomic E-state index is 6.88. The van der Waals surface area contributed by atoms with Crippen molar-refractivity contribution in [3.63, 3.8) is 0 Å². The third-order valence-corrected chi connectivity index (χ3v) is 0. The van der Waals surface area contributed by atoms with E-state index in [1.807, 2.05) is 20.8 Å². The fourth-order valence-electron chi connectivity index (χ4n) is 0. The van der Waals surface area contributed by atoms with Gasteiger partial charge in [-0.15, -0.1) is 19.7 Å². The van der Waals surface area contributed by atoms with Crippen LogP contribution in [0.3, 0.4) is 0 Å². The molecule has 0 amide bonds. The SMILES string of the molecule is C=CC.C=CC.C=CC.N#CO. The third kappa shape index (κ3) is 216. The largest absolute Gasteiger partial charge is 0.443 e. The molecule has 0 fully saturated rings. The lowest BCUT2D eigenvalue weighted by Gasteiger charge is -1.31. The molecule has 70 valence electrons. The summed E-state index contributed by atoms with van der Waals surface area (Å²) in [5, 5.41) is 13.8. The van der Waals surface area contributed by atoms with Crippen LogP contribution in [-0.4, -0.2) is 5.11 Å². The molecule has 0 saturated heterocycles. The second-order valence-corrected chi connectivity index (χ2v) is 1.32. The second-order valence-electron chi connectivity index (χ2n) is 1.32. The summed E-state index contributed by atoms with van der Waals surface area (Å²) in [6, 6.07) is 0. The first-order valence-electron chi connectivity index (χ1n) is 3.40. The first-order chi connectivity index (χ1) is 5.66. The van der Waals surface area contributed by atoms with E-state index in [-0.39, 0.29) is 0 Å². The normalized spacial score (nSPS) is 3.83. The molecule has 0 aromatic heterocycles. The molecule has 1 N–H and O–H groups in total. The Kier molecular flexibility index (Phi) is 204. The average molecular weight is 169 g/mol. The highest BCUT2D eigenvalue weighted by Crippen LogP contribution is 1.38. The lowest BCUT2D eigenvalue weighted by Crippen LogP contribution is -1.27. The smallest absolute Gasteiger partial charge is 0.283 e. The zero-order valence-corrected chi connectivity index (χ0v) is 8.25. The van der Waals surface area contributed by atoms with Crippen LogP contribution in [0.25, 0.3) is 0 Å². The molecule has 0 aliphatic carbocycles. The van der Waals surface area contributed by atoms with E-state index in [2.05, 4.69) is 19.7 Å². The van der Waals surface area contributed by atoms with Gasteiger partial charge in [-0.05, 0) is 20.8 Å². The molecule has 12 heavy (non-hydrogen) atoms. The molecule has 0 heterocycles. The minimum absolute atomic E-state index is 0.750. The van der Waals surface area contributed by atoms with E-state index < -0.39 is 0 Å². The summed E-state index contributed by atoms with van der Waals surface area (Å²) in [5.74, 6) is 0. The number of rotatable bonds is 0. The van der Waals surface area contributed by atoms with Crippen molar-refractivity contribution in [3.8, 4) is 6.26 Å². The zero-order valence-electron chi connectivity index (χ0n) is 8.25. The van der Waals surface area contributed by atoms with Gasteiger partial charge in [0.1, 0.15) is 0 Å². The van der Waals surface area contributed by atoms with E-state index in [1.54, 1.807) is 18.2 Å². The lowest BCUT2D eigenvalue weighted by atomic mass is 10.8. The molecule has 0 unspecified atom stereocenters. The van der Waals surface area contributed by atoms with Gasteiger partial charge in [0.25, 0.3) is 6.26 Å². The first-order valence-corrected chi connectivity index (χ1v) is 3.40. The predicted octanol–water partition coefficient (Wildman–Crippen LogP) is 3.42. The topological polar surface area (TPSA) is 44.0 Å². The Labute approximate surface area is 76.2 Å². The quantitative estimate of drug-likeness (QED) is 0.446. The van der Waals surface area contributed by atoms with Crippen molar-refractivity contribution in [1.29, 1.82) is 5.26 Å². The molecule has 0 rings (SSSR count). The standard InChI is InChI=1S/3C3H6.CHNO/c3*1-3-2;2-1-3/h3*3H,1H2,2H3;3H. The van der Waals surface area contributed by atoms with Crippen molar-refractivity contribution in [2.45, 2.75) is 20.8 Å². The van der Waals surface area contributed by atoms with Crippen molar-refractivity contribution in [2.75, 3.05) is 0 Å². The Morgan fingerprint density at radius 2 is 1.00 bits per heavy atom. The highest BCUT2D eigenvalue weighted by atomic mass is 16.2. The number of aliphatic hydroxyl groups is 1. The molecular weight excluding hydrogens is 150 g/mol. The molecule has 0 aromatic rings. The lowest BCUT2D eigenvalue weighted by molar-refractivity contribution is 0.503. The molecule has 0 aromatic carbocycles. The number of aliphatic hydroxyl groups excluding tert-OH is 1. The molecule has 0 bridgehead atoms. The van der Waals surface area contributed by atoms with Gasteiger partial charge in [-0.2, -0.15) is 5.26 Å². The third-order valence-electron chi connectivity index (χ3n) is 0. The summed E-state index contributed by atoms with van der Waals surface area (Å²) in [6.07, 6.45) is 6.00. The summed E-state index contributed by atoms with van der Waals surface area (Å²) in [4.78, 5) is 0. The molecule has 0 aliphatic rings. The molecule has 0 saturated carbocycles. The van der Waals surface area contributed by atoms with E-state index in [4.69, 9.17) is 10.4 Å². The van der Waals surface area contributed by atoms with Crippen LogP contribution in [0.2, 0.25) is 0 Å². The molecule has 0 radical (unpaired) electrons. The van der Waals surface area contributed by atoms with Crippen LogP contribution >= 0.6 is 0 Å². The van der Waals surface area contributed by atoms with Gasteiger partial charge in [0.15, 0.2) is 0 Å². The second kappa shape index (κ2) is 109. The van der Waals surface area contributed by atoms with Gasteiger partial charge in [0.2, 0.25) is 0 Å². The van der Waals surface area contributed by atoms with Crippen LogP contribution < -0.4 is 0 Å². The highest BCUT2D eigenvalue weighted by Gasteiger charge is 1.16. The molecule has 0 atom stereocenters. The summed E-state index contributed by atoms with van der Waals surface area (Å²) in [7, 11) is 0. The average Bonchev–Trinajstić information content (AvgIpc) is 1.92. The molecule has 2 heteroatoms. The number of hydrogen-bond donors (Lipinski definition) is 1. The van der Waals surface area contributed by atoms with Crippen LogP contribution in [0.1, 0.15) is 20.8 Å². The van der Waals surface area contributed by atoms with Crippen LogP contribution in [0, 0.1) is 11.5 Å². The highest BCUT2D eigenvalue weighted by molar-refractivity contribution is 4.52. The summed E-state index contributed by atoms with van der Waals surface area (Å²) >= 11 is 0. The number of nitriles is 1. The van der Waals surface area contributed by atoms with E-state index in [0.717, 1.165) is 6.26 Å². The Hall–Kier alpha value is -1.49. The minimum Gasteiger partial charge on any atom is -0.443 e. The van der Waals surface area contributed by atoms with Crippen molar-refractivity contribution in [3.05, 3.63) is 38.0 Å². The Morgan fingerprint density at radius 1 is 1.00 bits per heavy atom. The van der Waals surface area contributed by atoms with Gasteiger partial charge in [0, 0.05) is 0 Å². The van der Waals surface area contributed by atoms with E-state index >= 15 is 0 Å². The number of nitrogens with zero attached hydrogens (tertiary/aromatic N) is 1. The molecule has 0 spiro atoms. The van der Waals surface area contributed by atoms with Gasteiger partial charge in [-0.25, -0.2) is 0 Å². The number of allylic oxidation sites excluding steroid dienone is 3. The van der Waals surface area contributed by atoms with E-state index in [9.17, 15) is 0 Å². The fraction of sp³-hybridized carbons (Fsp3) is 0.300. The van der Waals surface area contributed by atoms with Crippen LogP contribution in [0.5, 0.6) is 0 Å². The zero-order chi connectivity index (χ0) is 10.8. The van der Waals surface area contributed by atoms with Crippen LogP contribution in [0.15, 0.2) is 38.0 Å². The predicted molar refractivity (Wildman–Crippen MR) is 55.2 cm³/mol. The van der Waals surface area contributed by atoms with Gasteiger partial charge < -0.3 is 5.11 Å². The van der Waals surface area contributed by atoms with Gasteiger partial charge in [-0.3, -0.25) is 0 Å². The van der Waals surface area contributed by atoms with Crippen molar-refractivity contribution in [2.24, 2.45) is 0 Å². The number of hydrogen-bond acceptors (Lipinski definition) is 2. The minimum atomic E-state index is 0.750. The molecular formula is C10H19NO. The maximum absolute atomic E-state index is 6.88. The Bertz CT molecular complexity index is 97.2. The summed E-state index contributed by atoms with van der Waals surface area (Å²) < 4.78 is 0. The van der Waals surface area contributed by atoms with Gasteiger partial charge in [-0.1, -0.05) is 18.2 Å². The molecule has 0 aliphatic heterocycles. The summed E-state index contributed by atoms with van der Waals surface area (Å²) in [5.41, 5.74) is 0. The van der Waals surface area contributed by atoms with E-state index in [0.29, 0.717) is 0 Å². The molecule has 2 nitrogen and oxygen atoms in total. The Balaban J connectivity index is -0.0000000356. The Morgan fingerprint density at radius 3 is 1.00 bits per heavy atom. The van der Waals surface area contributed by atoms with Crippen molar-refractivity contribution in [1.82, 2.24) is 0 Å². The van der Waals surface area contributed by atoms with Gasteiger partial charge >= 0.3 is 0 Å². The maximum Gasteiger partial charge on any atom is 0.283 e. The van der Waals surface area contributed by atoms with Gasteiger partial charge in [0.05, 0.1) is 0 Å². The first kappa shape index (κ1) is 22.4. The van der Waals surface area contributed by atoms with Crippen molar-refractivity contribution < 1.29 is 5.11 Å². The van der Waals surface area contributed by atoms with Crippen molar-refractivity contribution >= 4 is 0 Å².